The Kier molecular flexibility index (Phi) is 6.06. The molecule has 1 aliphatic heterocycles. The smallest absolute Gasteiger partial charge is 0.0234 e. The van der Waals surface area contributed by atoms with Crippen LogP contribution in [-0.4, -0.2) is 30.6 Å². The van der Waals surface area contributed by atoms with Crippen LogP contribution in [0.4, 0.5) is 0 Å². The van der Waals surface area contributed by atoms with Gasteiger partial charge < -0.3 is 5.32 Å². The Bertz CT molecular complexity index is 431. The Morgan fingerprint density at radius 2 is 2.20 bits per heavy atom. The summed E-state index contributed by atoms with van der Waals surface area (Å²) < 4.78 is 1.23. The monoisotopic (exact) mass is 338 g/mol. The highest BCUT2D eigenvalue weighted by molar-refractivity contribution is 9.10. The van der Waals surface area contributed by atoms with E-state index in [1.165, 1.54) is 41.5 Å². The highest BCUT2D eigenvalue weighted by atomic mass is 79.9. The van der Waals surface area contributed by atoms with Gasteiger partial charge in [-0.15, -0.1) is 0 Å². The van der Waals surface area contributed by atoms with E-state index < -0.39 is 0 Å². The molecule has 2 nitrogen and oxygen atoms in total. The lowest BCUT2D eigenvalue weighted by atomic mass is 9.97. The van der Waals surface area contributed by atoms with Gasteiger partial charge in [0.1, 0.15) is 0 Å². The summed E-state index contributed by atoms with van der Waals surface area (Å²) in [6, 6.07) is 7.33. The number of rotatable bonds is 5. The molecule has 1 aromatic carbocycles. The normalized spacial score (nSPS) is 20.6. The second kappa shape index (κ2) is 7.58. The van der Waals surface area contributed by atoms with Crippen molar-refractivity contribution >= 4 is 15.9 Å². The summed E-state index contributed by atoms with van der Waals surface area (Å²) >= 11 is 3.64. The van der Waals surface area contributed by atoms with E-state index in [0.717, 1.165) is 19.0 Å². The van der Waals surface area contributed by atoms with Crippen LogP contribution in [-0.2, 0) is 6.54 Å². The first-order valence-electron chi connectivity index (χ1n) is 7.75. The highest BCUT2D eigenvalue weighted by Crippen LogP contribution is 2.21. The van der Waals surface area contributed by atoms with Gasteiger partial charge >= 0.3 is 0 Å². The fourth-order valence-electron chi connectivity index (χ4n) is 2.86. The third kappa shape index (κ3) is 4.87. The molecule has 0 radical (unpaired) electrons. The van der Waals surface area contributed by atoms with Crippen molar-refractivity contribution in [1.82, 2.24) is 10.2 Å². The fraction of sp³-hybridized carbons (Fsp3) is 0.647. The number of aryl methyl sites for hydroxylation is 1. The Labute approximate surface area is 132 Å². The lowest BCUT2D eigenvalue weighted by molar-refractivity contribution is 0.164. The summed E-state index contributed by atoms with van der Waals surface area (Å²) in [5.74, 6) is 0.806. The first kappa shape index (κ1) is 16.0. The highest BCUT2D eigenvalue weighted by Gasteiger charge is 2.20. The maximum atomic E-state index is 3.64. The van der Waals surface area contributed by atoms with Gasteiger partial charge in [-0.05, 0) is 56.0 Å². The van der Waals surface area contributed by atoms with Crippen LogP contribution in [0.25, 0.3) is 0 Å². The minimum Gasteiger partial charge on any atom is -0.314 e. The van der Waals surface area contributed by atoms with Crippen LogP contribution in [0, 0.1) is 12.8 Å². The molecule has 0 amide bonds. The van der Waals surface area contributed by atoms with E-state index in [-0.39, 0.29) is 0 Å². The Morgan fingerprint density at radius 3 is 2.90 bits per heavy atom. The van der Waals surface area contributed by atoms with Crippen molar-refractivity contribution < 1.29 is 0 Å². The van der Waals surface area contributed by atoms with E-state index >= 15 is 0 Å². The SMILES string of the molecule is Cc1ccc(CN2CCCC(CNC(C)C)C2)cc1Br. The van der Waals surface area contributed by atoms with Gasteiger partial charge in [0.2, 0.25) is 0 Å². The Hall–Kier alpha value is -0.380. The fourth-order valence-corrected chi connectivity index (χ4v) is 3.28. The first-order valence-corrected chi connectivity index (χ1v) is 8.54. The summed E-state index contributed by atoms with van der Waals surface area (Å²) in [5.41, 5.74) is 2.73. The van der Waals surface area contributed by atoms with Crippen molar-refractivity contribution in [3.05, 3.63) is 33.8 Å². The van der Waals surface area contributed by atoms with E-state index in [1.54, 1.807) is 0 Å². The topological polar surface area (TPSA) is 15.3 Å². The van der Waals surface area contributed by atoms with E-state index in [9.17, 15) is 0 Å². The number of benzene rings is 1. The van der Waals surface area contributed by atoms with E-state index in [2.05, 4.69) is 65.1 Å². The van der Waals surface area contributed by atoms with Crippen LogP contribution in [0.15, 0.2) is 22.7 Å². The molecule has 1 unspecified atom stereocenters. The molecule has 3 heteroatoms. The molecule has 0 aliphatic carbocycles. The molecule has 0 spiro atoms. The summed E-state index contributed by atoms with van der Waals surface area (Å²) in [6.45, 7) is 11.3. The molecular weight excluding hydrogens is 312 g/mol. The van der Waals surface area contributed by atoms with Gasteiger partial charge in [-0.3, -0.25) is 4.90 Å². The molecule has 2 rings (SSSR count). The van der Waals surface area contributed by atoms with Gasteiger partial charge in [0, 0.05) is 23.6 Å². The second-order valence-corrected chi connectivity index (χ2v) is 7.24. The predicted molar refractivity (Wildman–Crippen MR) is 90.0 cm³/mol. The van der Waals surface area contributed by atoms with Crippen LogP contribution < -0.4 is 5.32 Å². The van der Waals surface area contributed by atoms with Crippen molar-refractivity contribution in [3.8, 4) is 0 Å². The van der Waals surface area contributed by atoms with Crippen LogP contribution >= 0.6 is 15.9 Å². The van der Waals surface area contributed by atoms with Crippen molar-refractivity contribution in [2.24, 2.45) is 5.92 Å². The molecule has 1 aromatic rings. The molecule has 0 bridgehead atoms. The lowest BCUT2D eigenvalue weighted by Gasteiger charge is -2.33. The maximum Gasteiger partial charge on any atom is 0.0234 e. The molecule has 1 atom stereocenters. The zero-order valence-electron chi connectivity index (χ0n) is 13.0. The third-order valence-corrected chi connectivity index (χ3v) is 4.91. The summed E-state index contributed by atoms with van der Waals surface area (Å²) in [5, 5.41) is 3.58. The number of hydrogen-bond acceptors (Lipinski definition) is 2. The predicted octanol–water partition coefficient (Wildman–Crippen LogP) is 3.97. The van der Waals surface area contributed by atoms with Gasteiger partial charge in [-0.2, -0.15) is 0 Å². The summed E-state index contributed by atoms with van der Waals surface area (Å²) in [4.78, 5) is 2.60. The Morgan fingerprint density at radius 1 is 1.40 bits per heavy atom. The van der Waals surface area contributed by atoms with E-state index in [1.807, 2.05) is 0 Å². The van der Waals surface area contributed by atoms with E-state index in [4.69, 9.17) is 0 Å². The van der Waals surface area contributed by atoms with Gasteiger partial charge in [0.15, 0.2) is 0 Å². The van der Waals surface area contributed by atoms with Gasteiger partial charge in [-0.25, -0.2) is 0 Å². The molecule has 1 N–H and O–H groups in total. The van der Waals surface area contributed by atoms with Gasteiger partial charge in [0.05, 0.1) is 0 Å². The quantitative estimate of drug-likeness (QED) is 0.873. The lowest BCUT2D eigenvalue weighted by Crippen LogP contribution is -2.40. The van der Waals surface area contributed by atoms with Crippen LogP contribution in [0.5, 0.6) is 0 Å². The van der Waals surface area contributed by atoms with E-state index in [0.29, 0.717) is 6.04 Å². The second-order valence-electron chi connectivity index (χ2n) is 6.39. The zero-order chi connectivity index (χ0) is 14.5. The number of likely N-dealkylation sites (tertiary alicyclic amines) is 1. The standard InChI is InChI=1S/C17H27BrN2/c1-13(2)19-10-16-5-4-8-20(12-16)11-15-7-6-14(3)17(18)9-15/h6-7,9,13,16,19H,4-5,8,10-12H2,1-3H3. The molecule has 1 fully saturated rings. The molecule has 1 aliphatic rings. The molecular formula is C17H27BrN2. The molecule has 1 saturated heterocycles. The zero-order valence-corrected chi connectivity index (χ0v) is 14.5. The molecule has 112 valence electrons. The molecule has 0 aromatic heterocycles. The average molecular weight is 339 g/mol. The van der Waals surface area contributed by atoms with Crippen molar-refractivity contribution in [2.75, 3.05) is 19.6 Å². The average Bonchev–Trinajstić information content (AvgIpc) is 2.41. The number of nitrogens with one attached hydrogen (secondary N) is 1. The van der Waals surface area contributed by atoms with Crippen LogP contribution in [0.3, 0.4) is 0 Å². The number of piperidine rings is 1. The minimum absolute atomic E-state index is 0.596. The number of nitrogens with zero attached hydrogens (tertiary/aromatic N) is 1. The van der Waals surface area contributed by atoms with Crippen molar-refractivity contribution in [3.63, 3.8) is 0 Å². The van der Waals surface area contributed by atoms with Crippen molar-refractivity contribution in [2.45, 2.75) is 46.2 Å². The minimum atomic E-state index is 0.596. The number of halogens is 1. The van der Waals surface area contributed by atoms with Crippen LogP contribution in [0.1, 0.15) is 37.8 Å². The van der Waals surface area contributed by atoms with Crippen LogP contribution in [0.2, 0.25) is 0 Å². The Balaban J connectivity index is 1.87. The first-order chi connectivity index (χ1) is 9.54. The summed E-state index contributed by atoms with van der Waals surface area (Å²) in [7, 11) is 0. The third-order valence-electron chi connectivity index (χ3n) is 4.06. The number of hydrogen-bond donors (Lipinski definition) is 1. The molecule has 0 saturated carbocycles. The molecule has 1 heterocycles. The van der Waals surface area contributed by atoms with Crippen molar-refractivity contribution in [1.29, 1.82) is 0 Å². The maximum absolute atomic E-state index is 3.64. The van der Waals surface area contributed by atoms with Gasteiger partial charge in [0.25, 0.3) is 0 Å². The molecule has 20 heavy (non-hydrogen) atoms. The summed E-state index contributed by atoms with van der Waals surface area (Å²) in [6.07, 6.45) is 2.70. The van der Waals surface area contributed by atoms with Gasteiger partial charge in [-0.1, -0.05) is 41.9 Å². The largest absolute Gasteiger partial charge is 0.314 e.